The number of halogens is 3. The molecule has 0 saturated carbocycles. The van der Waals surface area contributed by atoms with Gasteiger partial charge in [0.15, 0.2) is 6.10 Å². The van der Waals surface area contributed by atoms with Crippen LogP contribution in [0.2, 0.25) is 15.1 Å². The lowest BCUT2D eigenvalue weighted by Crippen LogP contribution is -2.36. The van der Waals surface area contributed by atoms with Crippen LogP contribution in [0.25, 0.3) is 0 Å². The molecule has 1 aromatic rings. The Morgan fingerprint density at radius 2 is 1.74 bits per heavy atom. The highest BCUT2D eigenvalue weighted by atomic mass is 35.5. The number of aliphatic hydroxyl groups excluding tert-OH is 1. The third kappa shape index (κ3) is 4.20. The molecule has 1 aromatic carbocycles. The van der Waals surface area contributed by atoms with Crippen LogP contribution in [0.3, 0.4) is 0 Å². The second-order valence-corrected chi connectivity index (χ2v) is 6.36. The molecule has 0 fully saturated rings. The monoisotopic (exact) mass is 347 g/mol. The lowest BCUT2D eigenvalue weighted by Gasteiger charge is -2.11. The van der Waals surface area contributed by atoms with E-state index in [4.69, 9.17) is 45.0 Å². The van der Waals surface area contributed by atoms with Gasteiger partial charge in [0.2, 0.25) is 10.0 Å². The molecule has 1 rings (SSSR count). The lowest BCUT2D eigenvalue weighted by molar-refractivity contribution is -0.146. The van der Waals surface area contributed by atoms with Crippen molar-refractivity contribution in [3.63, 3.8) is 0 Å². The van der Waals surface area contributed by atoms with Crippen molar-refractivity contribution in [1.82, 2.24) is 4.72 Å². The standard InChI is InChI=1S/C9H8Cl3NO5S/c10-4-1-5(11)8(6(12)2-4)19(17,18)13-3-7(14)9(15)16/h1-2,7,13-14H,3H2,(H,15,16)/t7-/m0/s1. The molecule has 0 aliphatic heterocycles. The molecule has 3 N–H and O–H groups in total. The van der Waals surface area contributed by atoms with Gasteiger partial charge in [0, 0.05) is 11.6 Å². The smallest absolute Gasteiger partial charge is 0.333 e. The maximum Gasteiger partial charge on any atom is 0.333 e. The third-order valence-electron chi connectivity index (χ3n) is 1.98. The molecule has 10 heteroatoms. The summed E-state index contributed by atoms with van der Waals surface area (Å²) in [4.78, 5) is 9.94. The number of aliphatic carboxylic acids is 1. The summed E-state index contributed by atoms with van der Waals surface area (Å²) in [5, 5.41) is 17.2. The highest BCUT2D eigenvalue weighted by Crippen LogP contribution is 2.32. The topological polar surface area (TPSA) is 104 Å². The van der Waals surface area contributed by atoms with Gasteiger partial charge in [0.05, 0.1) is 10.0 Å². The zero-order valence-electron chi connectivity index (χ0n) is 9.10. The van der Waals surface area contributed by atoms with E-state index in [1.807, 2.05) is 4.72 Å². The first-order chi connectivity index (χ1) is 8.65. The number of nitrogens with one attached hydrogen (secondary N) is 1. The summed E-state index contributed by atoms with van der Waals surface area (Å²) in [5.41, 5.74) is 0. The van der Waals surface area contributed by atoms with Gasteiger partial charge in [-0.1, -0.05) is 34.8 Å². The zero-order valence-corrected chi connectivity index (χ0v) is 12.2. The number of carbonyl (C=O) groups is 1. The van der Waals surface area contributed by atoms with Gasteiger partial charge >= 0.3 is 5.97 Å². The van der Waals surface area contributed by atoms with Crippen molar-refractivity contribution in [2.24, 2.45) is 0 Å². The van der Waals surface area contributed by atoms with Gasteiger partial charge in [-0.25, -0.2) is 17.9 Å². The van der Waals surface area contributed by atoms with E-state index in [0.29, 0.717) is 0 Å². The molecule has 0 unspecified atom stereocenters. The Balaban J connectivity index is 3.05. The van der Waals surface area contributed by atoms with Crippen LogP contribution < -0.4 is 4.72 Å². The van der Waals surface area contributed by atoms with Crippen LogP contribution >= 0.6 is 34.8 Å². The van der Waals surface area contributed by atoms with Crippen LogP contribution in [0.4, 0.5) is 0 Å². The Kier molecular flexibility index (Phi) is 5.43. The summed E-state index contributed by atoms with van der Waals surface area (Å²) in [6.07, 6.45) is -1.88. The van der Waals surface area contributed by atoms with Crippen LogP contribution in [0.15, 0.2) is 17.0 Å². The number of sulfonamides is 1. The van der Waals surface area contributed by atoms with Gasteiger partial charge in [-0.2, -0.15) is 0 Å². The van der Waals surface area contributed by atoms with Crippen LogP contribution in [-0.2, 0) is 14.8 Å². The normalized spacial score (nSPS) is 13.3. The largest absolute Gasteiger partial charge is 0.479 e. The SMILES string of the molecule is O=C(O)[C@@H](O)CNS(=O)(=O)c1c(Cl)cc(Cl)cc1Cl. The number of rotatable bonds is 5. The molecule has 0 saturated heterocycles. The van der Waals surface area contributed by atoms with Crippen molar-refractivity contribution in [2.75, 3.05) is 6.54 Å². The van der Waals surface area contributed by atoms with E-state index in [2.05, 4.69) is 0 Å². The molecule has 0 radical (unpaired) electrons. The van der Waals surface area contributed by atoms with Gasteiger partial charge < -0.3 is 10.2 Å². The van der Waals surface area contributed by atoms with Gasteiger partial charge in [-0.3, -0.25) is 0 Å². The van der Waals surface area contributed by atoms with E-state index in [1.54, 1.807) is 0 Å². The van der Waals surface area contributed by atoms with Crippen molar-refractivity contribution in [1.29, 1.82) is 0 Å². The van der Waals surface area contributed by atoms with E-state index in [9.17, 15) is 13.2 Å². The fraction of sp³-hybridized carbons (Fsp3) is 0.222. The number of aliphatic hydroxyl groups is 1. The Morgan fingerprint density at radius 1 is 1.26 bits per heavy atom. The maximum atomic E-state index is 11.9. The molecule has 0 aromatic heterocycles. The first kappa shape index (κ1) is 16.5. The molecule has 0 spiro atoms. The van der Waals surface area contributed by atoms with Crippen molar-refractivity contribution < 1.29 is 23.4 Å². The van der Waals surface area contributed by atoms with E-state index in [-0.39, 0.29) is 15.1 Å². The summed E-state index contributed by atoms with van der Waals surface area (Å²) in [7, 11) is -4.16. The van der Waals surface area contributed by atoms with Crippen molar-refractivity contribution in [2.45, 2.75) is 11.0 Å². The van der Waals surface area contributed by atoms with Gasteiger partial charge in [0.25, 0.3) is 0 Å². The Hall–Kier alpha value is -0.570. The molecule has 1 atom stereocenters. The Labute approximate surface area is 123 Å². The fourth-order valence-electron chi connectivity index (χ4n) is 1.13. The summed E-state index contributed by atoms with van der Waals surface area (Å²) < 4.78 is 25.7. The molecular weight excluding hydrogens is 341 g/mol. The van der Waals surface area contributed by atoms with Gasteiger partial charge in [0.1, 0.15) is 4.90 Å². The molecule has 106 valence electrons. The quantitative estimate of drug-likeness (QED) is 0.745. The molecule has 6 nitrogen and oxygen atoms in total. The summed E-state index contributed by atoms with van der Waals surface area (Å²) >= 11 is 17.1. The summed E-state index contributed by atoms with van der Waals surface area (Å²) in [5.74, 6) is -1.56. The first-order valence-electron chi connectivity index (χ1n) is 4.70. The average molecular weight is 349 g/mol. The molecule has 19 heavy (non-hydrogen) atoms. The van der Waals surface area contributed by atoms with Crippen LogP contribution in [-0.4, -0.2) is 37.2 Å². The highest BCUT2D eigenvalue weighted by Gasteiger charge is 2.24. The summed E-state index contributed by atoms with van der Waals surface area (Å²) in [6.45, 7) is -0.715. The van der Waals surface area contributed by atoms with Crippen molar-refractivity contribution >= 4 is 50.8 Å². The van der Waals surface area contributed by atoms with Gasteiger partial charge in [-0.05, 0) is 12.1 Å². The number of hydrogen-bond donors (Lipinski definition) is 3. The number of carboxylic acids is 1. The minimum atomic E-state index is -4.16. The molecule has 0 aliphatic rings. The summed E-state index contributed by atoms with van der Waals surface area (Å²) in [6, 6.07) is 2.36. The molecule has 0 heterocycles. The predicted octanol–water partition coefficient (Wildman–Crippen LogP) is 1.37. The second kappa shape index (κ2) is 6.25. The molecule has 0 aliphatic carbocycles. The van der Waals surface area contributed by atoms with Crippen LogP contribution in [0.5, 0.6) is 0 Å². The fourth-order valence-corrected chi connectivity index (χ4v) is 3.71. The number of benzene rings is 1. The molecule has 0 bridgehead atoms. The Bertz CT molecular complexity index is 581. The molecule has 0 amide bonds. The van der Waals surface area contributed by atoms with Crippen LogP contribution in [0, 0.1) is 0 Å². The van der Waals surface area contributed by atoms with E-state index < -0.39 is 33.5 Å². The highest BCUT2D eigenvalue weighted by molar-refractivity contribution is 7.89. The first-order valence-corrected chi connectivity index (χ1v) is 7.32. The maximum absolute atomic E-state index is 11.9. The zero-order chi connectivity index (χ0) is 14.8. The van der Waals surface area contributed by atoms with Crippen LogP contribution in [0.1, 0.15) is 0 Å². The minimum absolute atomic E-state index is 0.152. The van der Waals surface area contributed by atoms with E-state index in [0.717, 1.165) is 0 Å². The number of carboxylic acid groups (broad SMARTS) is 1. The average Bonchev–Trinajstić information content (AvgIpc) is 2.23. The Morgan fingerprint density at radius 3 is 2.16 bits per heavy atom. The molecular formula is C9H8Cl3NO5S. The lowest BCUT2D eigenvalue weighted by atomic mass is 10.4. The van der Waals surface area contributed by atoms with Crippen molar-refractivity contribution in [3.8, 4) is 0 Å². The van der Waals surface area contributed by atoms with E-state index >= 15 is 0 Å². The second-order valence-electron chi connectivity index (χ2n) is 3.40. The number of hydrogen-bond acceptors (Lipinski definition) is 4. The van der Waals surface area contributed by atoms with E-state index in [1.165, 1.54) is 12.1 Å². The van der Waals surface area contributed by atoms with Crippen molar-refractivity contribution in [3.05, 3.63) is 27.2 Å². The minimum Gasteiger partial charge on any atom is -0.479 e. The predicted molar refractivity (Wildman–Crippen MR) is 70.3 cm³/mol. The third-order valence-corrected chi connectivity index (χ3v) is 4.55. The van der Waals surface area contributed by atoms with Gasteiger partial charge in [-0.15, -0.1) is 0 Å².